The third-order valence-electron chi connectivity index (χ3n) is 3.04. The van der Waals surface area contributed by atoms with Gasteiger partial charge in [0.15, 0.2) is 0 Å². The zero-order valence-corrected chi connectivity index (χ0v) is 13.8. The average Bonchev–Trinajstić information content (AvgIpc) is 2.83. The first-order valence-electron chi connectivity index (χ1n) is 6.09. The van der Waals surface area contributed by atoms with Crippen molar-refractivity contribution in [3.8, 4) is 0 Å². The number of hydrogen-bond donors (Lipinski definition) is 1. The molecule has 0 spiro atoms. The number of benzene rings is 1. The van der Waals surface area contributed by atoms with E-state index in [2.05, 4.69) is 0 Å². The largest absolute Gasteiger partial charge is 0.391 e. The number of fused-ring (bicyclic) bond motifs is 1. The van der Waals surface area contributed by atoms with Gasteiger partial charge in [-0.1, -0.05) is 18.2 Å². The number of thioether (sulfide) groups is 1. The van der Waals surface area contributed by atoms with E-state index in [0.717, 1.165) is 10.5 Å². The van der Waals surface area contributed by atoms with Gasteiger partial charge in [-0.05, 0) is 12.3 Å². The summed E-state index contributed by atoms with van der Waals surface area (Å²) >= 11 is 2.93. The number of aliphatic hydroxyl groups excluding tert-OH is 1. The second kappa shape index (κ2) is 6.44. The van der Waals surface area contributed by atoms with Crippen LogP contribution in [-0.4, -0.2) is 43.4 Å². The van der Waals surface area contributed by atoms with Crippen LogP contribution in [0.4, 0.5) is 0 Å². The van der Waals surface area contributed by atoms with E-state index < -0.39 is 10.0 Å². The first-order chi connectivity index (χ1) is 9.52. The van der Waals surface area contributed by atoms with Crippen LogP contribution < -0.4 is 0 Å². The topological polar surface area (TPSA) is 57.6 Å². The number of aliphatic hydroxyl groups is 1. The predicted octanol–water partition coefficient (Wildman–Crippen LogP) is 2.38. The van der Waals surface area contributed by atoms with Crippen LogP contribution in [0.3, 0.4) is 0 Å². The molecule has 7 heteroatoms. The van der Waals surface area contributed by atoms with Crippen molar-refractivity contribution in [3.63, 3.8) is 0 Å². The van der Waals surface area contributed by atoms with Gasteiger partial charge >= 0.3 is 0 Å². The molecule has 0 unspecified atom stereocenters. The van der Waals surface area contributed by atoms with Gasteiger partial charge in [-0.3, -0.25) is 0 Å². The molecule has 0 bridgehead atoms. The van der Waals surface area contributed by atoms with Crippen LogP contribution in [-0.2, 0) is 16.6 Å². The van der Waals surface area contributed by atoms with E-state index in [1.54, 1.807) is 24.9 Å². The molecule has 0 saturated heterocycles. The normalized spacial score (nSPS) is 12.4. The highest BCUT2D eigenvalue weighted by molar-refractivity contribution is 7.98. The maximum atomic E-state index is 12.7. The van der Waals surface area contributed by atoms with Gasteiger partial charge in [0.25, 0.3) is 0 Å². The molecule has 0 aliphatic carbocycles. The van der Waals surface area contributed by atoms with Crippen LogP contribution >= 0.6 is 23.1 Å². The predicted molar refractivity (Wildman–Crippen MR) is 85.9 cm³/mol. The van der Waals surface area contributed by atoms with E-state index in [9.17, 15) is 13.5 Å². The molecule has 0 saturated carbocycles. The number of nitrogens with zero attached hydrogens (tertiary/aromatic N) is 1. The molecule has 2 aromatic rings. The van der Waals surface area contributed by atoms with Crippen LogP contribution in [0.1, 0.15) is 4.88 Å². The summed E-state index contributed by atoms with van der Waals surface area (Å²) in [4.78, 5) is 0.756. The Morgan fingerprint density at radius 3 is 2.70 bits per heavy atom. The van der Waals surface area contributed by atoms with Crippen molar-refractivity contribution in [3.05, 3.63) is 29.1 Å². The Kier molecular flexibility index (Phi) is 5.09. The quantitative estimate of drug-likeness (QED) is 0.883. The van der Waals surface area contributed by atoms with Gasteiger partial charge in [0, 0.05) is 29.4 Å². The third kappa shape index (κ3) is 2.87. The minimum absolute atomic E-state index is 0.254. The molecular formula is C13H17NO3S3. The second-order valence-corrected chi connectivity index (χ2v) is 8.43. The molecule has 1 aromatic heterocycles. The van der Waals surface area contributed by atoms with Crippen molar-refractivity contribution in [1.82, 2.24) is 4.31 Å². The van der Waals surface area contributed by atoms with Gasteiger partial charge in [-0.2, -0.15) is 11.8 Å². The number of thiophene rings is 1. The molecule has 110 valence electrons. The van der Waals surface area contributed by atoms with E-state index >= 15 is 0 Å². The highest BCUT2D eigenvalue weighted by Crippen LogP contribution is 2.36. The Bertz CT molecular complexity index is 694. The van der Waals surface area contributed by atoms with Crippen LogP contribution in [0.2, 0.25) is 0 Å². The molecule has 2 rings (SSSR count). The SMILES string of the molecule is CSCCN(C)S(=O)(=O)c1c(CO)sc2ccccc12. The summed E-state index contributed by atoms with van der Waals surface area (Å²) in [6, 6.07) is 7.35. The van der Waals surface area contributed by atoms with Crippen molar-refractivity contribution in [2.24, 2.45) is 0 Å². The minimum atomic E-state index is -3.57. The number of sulfonamides is 1. The Hall–Kier alpha value is -0.600. The fraction of sp³-hybridized carbons (Fsp3) is 0.385. The van der Waals surface area contributed by atoms with Crippen molar-refractivity contribution in [1.29, 1.82) is 0 Å². The summed E-state index contributed by atoms with van der Waals surface area (Å²) in [5.41, 5.74) is 0. The Morgan fingerprint density at radius 1 is 1.35 bits per heavy atom. The third-order valence-corrected chi connectivity index (χ3v) is 6.90. The first-order valence-corrected chi connectivity index (χ1v) is 9.74. The summed E-state index contributed by atoms with van der Waals surface area (Å²) in [6.07, 6.45) is 1.94. The van der Waals surface area contributed by atoms with Gasteiger partial charge in [-0.25, -0.2) is 12.7 Å². The van der Waals surface area contributed by atoms with Gasteiger partial charge in [0.05, 0.1) is 11.5 Å². The minimum Gasteiger partial charge on any atom is -0.391 e. The van der Waals surface area contributed by atoms with E-state index in [1.807, 2.05) is 24.5 Å². The molecule has 20 heavy (non-hydrogen) atoms. The van der Waals surface area contributed by atoms with Gasteiger partial charge in [-0.15, -0.1) is 11.3 Å². The van der Waals surface area contributed by atoms with Gasteiger partial charge in [0.1, 0.15) is 4.90 Å². The zero-order valence-electron chi connectivity index (χ0n) is 11.4. The molecule has 1 aromatic carbocycles. The monoisotopic (exact) mass is 331 g/mol. The standard InChI is InChI=1S/C13H17NO3S3/c1-14(7-8-18-2)20(16,17)13-10-5-3-4-6-11(10)19-12(13)9-15/h3-6,15H,7-9H2,1-2H3. The molecule has 0 radical (unpaired) electrons. The Balaban J connectivity index is 2.55. The highest BCUT2D eigenvalue weighted by atomic mass is 32.2. The summed E-state index contributed by atoms with van der Waals surface area (Å²) in [5.74, 6) is 0.742. The molecule has 0 amide bonds. The lowest BCUT2D eigenvalue weighted by atomic mass is 10.2. The summed E-state index contributed by atoms with van der Waals surface area (Å²) in [7, 11) is -1.98. The van der Waals surface area contributed by atoms with E-state index in [4.69, 9.17) is 0 Å². The maximum absolute atomic E-state index is 12.7. The van der Waals surface area contributed by atoms with Crippen LogP contribution in [0.15, 0.2) is 29.2 Å². The lowest BCUT2D eigenvalue weighted by Gasteiger charge is -2.17. The molecule has 0 atom stereocenters. The first kappa shape index (κ1) is 15.8. The molecule has 0 aliphatic rings. The Labute approximate surface area is 127 Å². The smallest absolute Gasteiger partial charge is 0.244 e. The Morgan fingerprint density at radius 2 is 2.05 bits per heavy atom. The van der Waals surface area contributed by atoms with Gasteiger partial charge in [0.2, 0.25) is 10.0 Å². The van der Waals surface area contributed by atoms with Crippen LogP contribution in [0.25, 0.3) is 10.1 Å². The lowest BCUT2D eigenvalue weighted by molar-refractivity contribution is 0.282. The highest BCUT2D eigenvalue weighted by Gasteiger charge is 2.27. The molecule has 4 nitrogen and oxygen atoms in total. The second-order valence-electron chi connectivity index (χ2n) is 4.33. The lowest BCUT2D eigenvalue weighted by Crippen LogP contribution is -2.29. The van der Waals surface area contributed by atoms with Crippen LogP contribution in [0, 0.1) is 0 Å². The van der Waals surface area contributed by atoms with Gasteiger partial charge < -0.3 is 5.11 Å². The van der Waals surface area contributed by atoms with Crippen molar-refractivity contribution >= 4 is 43.2 Å². The van der Waals surface area contributed by atoms with Crippen molar-refractivity contribution < 1.29 is 13.5 Å². The number of rotatable bonds is 6. The van der Waals surface area contributed by atoms with E-state index in [0.29, 0.717) is 16.8 Å². The summed E-state index contributed by atoms with van der Waals surface area (Å²) < 4.78 is 27.7. The van der Waals surface area contributed by atoms with Crippen molar-refractivity contribution in [2.45, 2.75) is 11.5 Å². The number of hydrogen-bond acceptors (Lipinski definition) is 5. The molecular weight excluding hydrogens is 314 g/mol. The molecule has 1 heterocycles. The maximum Gasteiger partial charge on any atom is 0.244 e. The summed E-state index contributed by atoms with van der Waals surface area (Å²) in [6.45, 7) is 0.197. The summed E-state index contributed by atoms with van der Waals surface area (Å²) in [5, 5.41) is 10.2. The fourth-order valence-electron chi connectivity index (χ4n) is 1.96. The molecule has 1 N–H and O–H groups in total. The molecule has 0 aliphatic heterocycles. The average molecular weight is 331 g/mol. The van der Waals surface area contributed by atoms with Crippen LogP contribution in [0.5, 0.6) is 0 Å². The van der Waals surface area contributed by atoms with E-state index in [-0.39, 0.29) is 11.5 Å². The van der Waals surface area contributed by atoms with Crippen molar-refractivity contribution in [2.75, 3.05) is 25.6 Å². The molecule has 0 fully saturated rings. The fourth-order valence-corrected chi connectivity index (χ4v) is 5.44. The zero-order chi connectivity index (χ0) is 14.8. The van der Waals surface area contributed by atoms with E-state index in [1.165, 1.54) is 15.6 Å².